The van der Waals surface area contributed by atoms with Crippen LogP contribution < -0.4 is 20.1 Å². The van der Waals surface area contributed by atoms with E-state index < -0.39 is 12.8 Å². The molecule has 2 N–H and O–H groups in total. The lowest BCUT2D eigenvalue weighted by atomic mass is 10.2. The Bertz CT molecular complexity index is 745. The Morgan fingerprint density at radius 3 is 2.11 bits per heavy atom. The van der Waals surface area contributed by atoms with Gasteiger partial charge in [-0.1, -0.05) is 24.3 Å². The first kappa shape index (κ1) is 21.4. The molecule has 5 nitrogen and oxygen atoms in total. The monoisotopic (exact) mass is 395 g/mol. The molecule has 28 heavy (non-hydrogen) atoms. The van der Waals surface area contributed by atoms with Gasteiger partial charge >= 0.3 is 6.18 Å². The second-order valence-corrected chi connectivity index (χ2v) is 5.94. The van der Waals surface area contributed by atoms with Crippen LogP contribution in [0, 0.1) is 0 Å². The van der Waals surface area contributed by atoms with Crippen LogP contribution in [0.2, 0.25) is 0 Å². The van der Waals surface area contributed by atoms with E-state index in [0.717, 1.165) is 16.9 Å². The van der Waals surface area contributed by atoms with E-state index in [1.54, 1.807) is 19.2 Å². The molecule has 0 radical (unpaired) electrons. The third-order valence-corrected chi connectivity index (χ3v) is 3.71. The lowest BCUT2D eigenvalue weighted by molar-refractivity contribution is -0.153. The highest BCUT2D eigenvalue weighted by atomic mass is 19.4. The average Bonchev–Trinajstić information content (AvgIpc) is 2.69. The van der Waals surface area contributed by atoms with Crippen molar-refractivity contribution in [1.29, 1.82) is 0 Å². The van der Waals surface area contributed by atoms with Crippen molar-refractivity contribution in [1.82, 2.24) is 10.6 Å². The first-order valence-electron chi connectivity index (χ1n) is 8.83. The number of methoxy groups -OCH3 is 1. The zero-order chi connectivity index (χ0) is 20.4. The Hall–Kier alpha value is -2.90. The number of rotatable bonds is 8. The summed E-state index contributed by atoms with van der Waals surface area (Å²) in [6, 6.07) is 14.1. The number of hydrogen-bond donors (Lipinski definition) is 2. The Kier molecular flexibility index (Phi) is 7.98. The maximum atomic E-state index is 12.2. The third kappa shape index (κ3) is 7.77. The molecule has 0 spiro atoms. The first-order valence-corrected chi connectivity index (χ1v) is 8.83. The highest BCUT2D eigenvalue weighted by Crippen LogP contribution is 2.18. The summed E-state index contributed by atoms with van der Waals surface area (Å²) in [6.07, 6.45) is -4.35. The standard InChI is InChI=1S/C20H24F3N3O2/c1-3-24-19(25-12-15-4-8-17(27-2)9-5-15)26-13-16-6-10-18(11-7-16)28-14-20(21,22)23/h4-11H,3,12-14H2,1-2H3,(H2,24,25,26). The maximum absolute atomic E-state index is 12.2. The van der Waals surface area contributed by atoms with Crippen LogP contribution in [-0.2, 0) is 13.1 Å². The predicted octanol–water partition coefficient (Wildman–Crippen LogP) is 3.89. The minimum Gasteiger partial charge on any atom is -0.497 e. The molecule has 2 aromatic carbocycles. The van der Waals surface area contributed by atoms with E-state index in [-0.39, 0.29) is 5.75 Å². The van der Waals surface area contributed by atoms with Gasteiger partial charge in [0.2, 0.25) is 0 Å². The fourth-order valence-corrected chi connectivity index (χ4v) is 2.30. The molecule has 0 bridgehead atoms. The fraction of sp³-hybridized carbons (Fsp3) is 0.350. The average molecular weight is 395 g/mol. The summed E-state index contributed by atoms with van der Waals surface area (Å²) in [4.78, 5) is 4.53. The van der Waals surface area contributed by atoms with E-state index in [0.29, 0.717) is 25.6 Å². The largest absolute Gasteiger partial charge is 0.497 e. The van der Waals surface area contributed by atoms with Gasteiger partial charge in [0.1, 0.15) is 11.5 Å². The molecule has 0 fully saturated rings. The summed E-state index contributed by atoms with van der Waals surface area (Å²) in [5, 5.41) is 6.36. The Morgan fingerprint density at radius 2 is 1.54 bits per heavy atom. The molecule has 0 heterocycles. The molecule has 0 atom stereocenters. The summed E-state index contributed by atoms with van der Waals surface area (Å²) in [7, 11) is 1.62. The molecule has 8 heteroatoms. The van der Waals surface area contributed by atoms with Crippen LogP contribution in [0.4, 0.5) is 13.2 Å². The zero-order valence-electron chi connectivity index (χ0n) is 15.8. The minimum atomic E-state index is -4.35. The van der Waals surface area contributed by atoms with E-state index in [1.807, 2.05) is 31.2 Å². The number of nitrogens with one attached hydrogen (secondary N) is 2. The van der Waals surface area contributed by atoms with Gasteiger partial charge in [-0.25, -0.2) is 4.99 Å². The number of halogens is 3. The van der Waals surface area contributed by atoms with Crippen LogP contribution in [-0.4, -0.2) is 32.4 Å². The van der Waals surface area contributed by atoms with Crippen molar-refractivity contribution >= 4 is 5.96 Å². The Balaban J connectivity index is 1.89. The van der Waals surface area contributed by atoms with Crippen LogP contribution in [0.1, 0.15) is 18.1 Å². The second kappa shape index (κ2) is 10.4. The van der Waals surface area contributed by atoms with Crippen molar-refractivity contribution in [2.75, 3.05) is 20.3 Å². The molecule has 0 aromatic heterocycles. The van der Waals surface area contributed by atoms with Gasteiger partial charge in [-0.05, 0) is 42.3 Å². The van der Waals surface area contributed by atoms with Crippen LogP contribution in [0.5, 0.6) is 11.5 Å². The molecule has 0 aliphatic rings. The highest BCUT2D eigenvalue weighted by Gasteiger charge is 2.28. The van der Waals surface area contributed by atoms with Gasteiger partial charge in [0.05, 0.1) is 13.7 Å². The van der Waals surface area contributed by atoms with Crippen molar-refractivity contribution < 1.29 is 22.6 Å². The molecular formula is C20H24F3N3O2. The maximum Gasteiger partial charge on any atom is 0.422 e. The molecule has 0 aliphatic heterocycles. The molecule has 0 aliphatic carbocycles. The van der Waals surface area contributed by atoms with Crippen molar-refractivity contribution in [2.45, 2.75) is 26.2 Å². The van der Waals surface area contributed by atoms with Crippen molar-refractivity contribution in [3.63, 3.8) is 0 Å². The molecule has 0 saturated heterocycles. The van der Waals surface area contributed by atoms with Crippen molar-refractivity contribution in [3.8, 4) is 11.5 Å². The van der Waals surface area contributed by atoms with E-state index in [2.05, 4.69) is 15.6 Å². The van der Waals surface area contributed by atoms with Gasteiger partial charge < -0.3 is 20.1 Å². The van der Waals surface area contributed by atoms with Gasteiger partial charge in [-0.2, -0.15) is 13.2 Å². The van der Waals surface area contributed by atoms with E-state index in [4.69, 9.17) is 9.47 Å². The topological polar surface area (TPSA) is 54.9 Å². The fourth-order valence-electron chi connectivity index (χ4n) is 2.30. The number of guanidine groups is 1. The molecule has 152 valence electrons. The number of nitrogens with zero attached hydrogens (tertiary/aromatic N) is 1. The van der Waals surface area contributed by atoms with Gasteiger partial charge in [0, 0.05) is 13.1 Å². The molecule has 0 amide bonds. The number of alkyl halides is 3. The van der Waals surface area contributed by atoms with Gasteiger partial charge in [0.15, 0.2) is 12.6 Å². The SMILES string of the molecule is CCNC(=NCc1ccc(OC)cc1)NCc1ccc(OCC(F)(F)F)cc1. The number of benzene rings is 2. The summed E-state index contributed by atoms with van der Waals surface area (Å²) >= 11 is 0. The third-order valence-electron chi connectivity index (χ3n) is 3.71. The summed E-state index contributed by atoms with van der Waals surface area (Å²) in [6.45, 7) is 2.36. The predicted molar refractivity (Wildman–Crippen MR) is 103 cm³/mol. The molecule has 0 saturated carbocycles. The molecule has 0 unspecified atom stereocenters. The summed E-state index contributed by atoms with van der Waals surface area (Å²) in [5.41, 5.74) is 1.94. The van der Waals surface area contributed by atoms with Crippen LogP contribution >= 0.6 is 0 Å². The van der Waals surface area contributed by atoms with Crippen molar-refractivity contribution in [2.24, 2.45) is 4.99 Å². The zero-order valence-corrected chi connectivity index (χ0v) is 15.8. The normalized spacial score (nSPS) is 11.8. The quantitative estimate of drug-likeness (QED) is 0.526. The Morgan fingerprint density at radius 1 is 0.929 bits per heavy atom. The summed E-state index contributed by atoms with van der Waals surface area (Å²) < 4.78 is 46.4. The Labute approximate surface area is 162 Å². The van der Waals surface area contributed by atoms with Gasteiger partial charge in [0.25, 0.3) is 0 Å². The molecular weight excluding hydrogens is 371 g/mol. The second-order valence-electron chi connectivity index (χ2n) is 5.94. The lowest BCUT2D eigenvalue weighted by Crippen LogP contribution is -2.36. The summed E-state index contributed by atoms with van der Waals surface area (Å²) in [5.74, 6) is 1.62. The van der Waals surface area contributed by atoms with E-state index in [9.17, 15) is 13.2 Å². The minimum absolute atomic E-state index is 0.182. The van der Waals surface area contributed by atoms with Crippen LogP contribution in [0.25, 0.3) is 0 Å². The van der Waals surface area contributed by atoms with Crippen molar-refractivity contribution in [3.05, 3.63) is 59.7 Å². The number of hydrogen-bond acceptors (Lipinski definition) is 3. The number of ether oxygens (including phenoxy) is 2. The van der Waals surface area contributed by atoms with E-state index >= 15 is 0 Å². The number of aliphatic imine (C=N–C) groups is 1. The van der Waals surface area contributed by atoms with Gasteiger partial charge in [-0.15, -0.1) is 0 Å². The van der Waals surface area contributed by atoms with Gasteiger partial charge in [-0.3, -0.25) is 0 Å². The van der Waals surface area contributed by atoms with E-state index in [1.165, 1.54) is 12.1 Å². The lowest BCUT2D eigenvalue weighted by Gasteiger charge is -2.12. The van der Waals surface area contributed by atoms with Crippen LogP contribution in [0.3, 0.4) is 0 Å². The molecule has 2 rings (SSSR count). The van der Waals surface area contributed by atoms with Crippen LogP contribution in [0.15, 0.2) is 53.5 Å². The highest BCUT2D eigenvalue weighted by molar-refractivity contribution is 5.79. The smallest absolute Gasteiger partial charge is 0.422 e. The first-order chi connectivity index (χ1) is 13.4. The molecule has 2 aromatic rings.